The van der Waals surface area contributed by atoms with Crippen molar-refractivity contribution in [3.63, 3.8) is 0 Å². The molecule has 0 bridgehead atoms. The third-order valence-electron chi connectivity index (χ3n) is 7.56. The maximum atomic E-state index is 12.8. The zero-order valence-electron chi connectivity index (χ0n) is 24.8. The fourth-order valence-electron chi connectivity index (χ4n) is 5.14. The normalized spacial score (nSPS) is 16.2. The van der Waals surface area contributed by atoms with Crippen molar-refractivity contribution in [2.24, 2.45) is 0 Å². The largest absolute Gasteiger partial charge is 0.508 e. The van der Waals surface area contributed by atoms with Gasteiger partial charge in [-0.3, -0.25) is 14.9 Å². The summed E-state index contributed by atoms with van der Waals surface area (Å²) in [6.45, 7) is 0.220. The van der Waals surface area contributed by atoms with Crippen molar-refractivity contribution in [1.29, 1.82) is 0 Å². The van der Waals surface area contributed by atoms with Crippen LogP contribution < -0.4 is 27.8 Å². The number of fused-ring (bicyclic) bond motifs is 1. The molecule has 11 N–H and O–H groups in total. The number of aromatic nitrogens is 8. The van der Waals surface area contributed by atoms with E-state index in [2.05, 4.69) is 51.2 Å². The van der Waals surface area contributed by atoms with E-state index in [-0.39, 0.29) is 42.2 Å². The number of carbonyl (C=O) groups is 2. The number of rotatable bonds is 13. The van der Waals surface area contributed by atoms with Gasteiger partial charge in [0.05, 0.1) is 17.5 Å². The maximum absolute atomic E-state index is 12.8. The van der Waals surface area contributed by atoms with Crippen LogP contribution in [0.25, 0.3) is 22.6 Å². The molecule has 0 aliphatic carbocycles. The quantitative estimate of drug-likeness (QED) is 0.0492. The Kier molecular flexibility index (Phi) is 8.67. The molecule has 3 atom stereocenters. The summed E-state index contributed by atoms with van der Waals surface area (Å²) in [5, 5.41) is 40.0. The van der Waals surface area contributed by atoms with E-state index in [0.29, 0.717) is 58.5 Å². The number of benzene rings is 2. The van der Waals surface area contributed by atoms with Gasteiger partial charge in [0.25, 0.3) is 5.91 Å². The highest BCUT2D eigenvalue weighted by molar-refractivity contribution is 6.00. The highest BCUT2D eigenvalue weighted by Gasteiger charge is 2.44. The number of anilines is 3. The molecule has 1 fully saturated rings. The third-order valence-corrected chi connectivity index (χ3v) is 7.56. The summed E-state index contributed by atoms with van der Waals surface area (Å²) in [6, 6.07) is 9.05. The summed E-state index contributed by atoms with van der Waals surface area (Å²) in [6.07, 6.45) is 2.16. The number of nitrogens with zero attached hydrogens (tertiary/aromatic N) is 7. The summed E-state index contributed by atoms with van der Waals surface area (Å²) in [5.41, 5.74) is 21.3. The highest BCUT2D eigenvalue weighted by atomic mass is 16.6. The number of H-pyrrole nitrogens is 1. The zero-order chi connectivity index (χ0) is 33.1. The molecule has 1 saturated heterocycles. The van der Waals surface area contributed by atoms with Crippen molar-refractivity contribution in [3.05, 3.63) is 65.0 Å². The molecule has 5 aromatic rings. The molecule has 0 radical (unpaired) electrons. The molecule has 242 valence electrons. The molecule has 3 aromatic heterocycles. The predicted molar refractivity (Wildman–Crippen MR) is 167 cm³/mol. The molecule has 6 rings (SSSR count). The Morgan fingerprint density at radius 2 is 1.91 bits per heavy atom. The zero-order valence-corrected chi connectivity index (χ0v) is 24.8. The number of ether oxygens (including phenoxy) is 1. The molecule has 0 saturated carbocycles. The number of carbonyl (C=O) groups excluding carboxylic acids is 1. The Morgan fingerprint density at radius 3 is 2.68 bits per heavy atom. The van der Waals surface area contributed by atoms with Gasteiger partial charge < -0.3 is 37.5 Å². The number of nitrogens with two attached hydrogens (primary N) is 3. The first-order valence-electron chi connectivity index (χ1n) is 14.6. The van der Waals surface area contributed by atoms with Gasteiger partial charge in [0.15, 0.2) is 17.0 Å². The van der Waals surface area contributed by atoms with Crippen LogP contribution in [0.4, 0.5) is 17.5 Å². The minimum Gasteiger partial charge on any atom is -0.508 e. The van der Waals surface area contributed by atoms with Gasteiger partial charge in [-0.25, -0.2) is 9.97 Å². The van der Waals surface area contributed by atoms with Crippen LogP contribution in [0.1, 0.15) is 46.1 Å². The van der Waals surface area contributed by atoms with Crippen molar-refractivity contribution in [1.82, 2.24) is 51.2 Å². The fraction of sp³-hybridized carbons (Fsp3) is 0.276. The van der Waals surface area contributed by atoms with Crippen LogP contribution in [0.5, 0.6) is 5.75 Å². The summed E-state index contributed by atoms with van der Waals surface area (Å²) in [4.78, 5) is 41.5. The summed E-state index contributed by atoms with van der Waals surface area (Å²) in [7, 11) is 0. The number of hydrogen-bond donors (Lipinski definition) is 8. The molecule has 47 heavy (non-hydrogen) atoms. The van der Waals surface area contributed by atoms with Crippen molar-refractivity contribution in [2.75, 3.05) is 23.7 Å². The highest BCUT2D eigenvalue weighted by Crippen LogP contribution is 2.42. The maximum Gasteiger partial charge on any atom is 0.320 e. The van der Waals surface area contributed by atoms with Crippen LogP contribution in [0.15, 0.2) is 42.6 Å². The van der Waals surface area contributed by atoms with E-state index in [1.54, 1.807) is 36.5 Å². The molecule has 1 aliphatic heterocycles. The van der Waals surface area contributed by atoms with E-state index in [0.717, 1.165) is 5.56 Å². The molecule has 1 amide bonds. The van der Waals surface area contributed by atoms with Crippen molar-refractivity contribution in [3.8, 4) is 17.1 Å². The molecule has 0 spiro atoms. The Bertz CT molecular complexity index is 1940. The van der Waals surface area contributed by atoms with Crippen LogP contribution in [0, 0.1) is 0 Å². The average Bonchev–Trinajstić information content (AvgIpc) is 3.57. The molecule has 1 aliphatic rings. The van der Waals surface area contributed by atoms with E-state index in [4.69, 9.17) is 21.9 Å². The number of phenols is 1. The van der Waals surface area contributed by atoms with Crippen LogP contribution in [-0.2, 0) is 22.4 Å². The number of aliphatic carboxylic acids is 1. The van der Waals surface area contributed by atoms with Gasteiger partial charge in [0.1, 0.15) is 24.1 Å². The Labute approximate surface area is 266 Å². The lowest BCUT2D eigenvalue weighted by Crippen LogP contribution is -2.39. The first-order chi connectivity index (χ1) is 22.7. The van der Waals surface area contributed by atoms with Crippen molar-refractivity contribution in [2.45, 2.75) is 44.1 Å². The predicted octanol–water partition coefficient (Wildman–Crippen LogP) is 0.488. The van der Waals surface area contributed by atoms with E-state index >= 15 is 0 Å². The van der Waals surface area contributed by atoms with E-state index in [1.165, 1.54) is 0 Å². The van der Waals surface area contributed by atoms with Gasteiger partial charge in [-0.1, -0.05) is 12.1 Å². The average molecular weight is 642 g/mol. The van der Waals surface area contributed by atoms with E-state index < -0.39 is 24.3 Å². The topological polar surface area (TPSA) is 295 Å². The van der Waals surface area contributed by atoms with Crippen LogP contribution in [0.3, 0.4) is 0 Å². The minimum atomic E-state index is -1.06. The number of aryl methyl sites for hydroxylation is 2. The van der Waals surface area contributed by atoms with E-state index in [9.17, 15) is 19.8 Å². The number of hydrogen-bond acceptors (Lipinski definition) is 15. The Hall–Kier alpha value is -6.01. The fourth-order valence-corrected chi connectivity index (χ4v) is 5.14. The number of nitrogen functional groups attached to an aromatic ring is 3. The van der Waals surface area contributed by atoms with Gasteiger partial charge in [-0.05, 0) is 60.7 Å². The number of carboxylic acid groups (broad SMARTS) is 1. The number of nitrogens with one attached hydrogen (secondary N) is 3. The standard InChI is InChI=1S/C29H31N13O5/c30-14-5-8-16(18(11-14)24-39-41-42-40-24)26(44)33-9-1-2-19(28(45)46)36-27-22(47-27)17-7-4-13(10-20(17)43)3-6-15-12-34-25-21(35-15)23(31)37-29(32)38-25/h4-5,7-8,10-12,19,22,27,36,43H,1-3,6,9,30H2,(H,33,44)(H,45,46)(H,39,40,41,42)(H4,31,32,34,37,38)/t19-,22?,27?/m0/s1. The number of tetrazole rings is 1. The number of phenolic OH excluding ortho intramolecular Hbond substituents is 1. The monoisotopic (exact) mass is 641 g/mol. The summed E-state index contributed by atoms with van der Waals surface area (Å²) < 4.78 is 5.67. The molecule has 2 unspecified atom stereocenters. The molecule has 18 heteroatoms. The number of carboxylic acids is 1. The summed E-state index contributed by atoms with van der Waals surface area (Å²) >= 11 is 0. The molecular formula is C29H31N13O5. The van der Waals surface area contributed by atoms with Gasteiger partial charge in [-0.15, -0.1) is 10.2 Å². The van der Waals surface area contributed by atoms with Crippen LogP contribution in [0.2, 0.25) is 0 Å². The van der Waals surface area contributed by atoms with Crippen molar-refractivity contribution >= 4 is 40.5 Å². The molecule has 2 aromatic carbocycles. The third kappa shape index (κ3) is 7.13. The van der Waals surface area contributed by atoms with Gasteiger partial charge in [0.2, 0.25) is 11.8 Å². The van der Waals surface area contributed by atoms with Crippen LogP contribution >= 0.6 is 0 Å². The molecule has 4 heterocycles. The van der Waals surface area contributed by atoms with Gasteiger partial charge in [0, 0.05) is 23.4 Å². The SMILES string of the molecule is Nc1ccc(C(=O)NCCC[C@H](NC2OC2c2ccc(CCc3cnc4nc(N)nc(N)c4n3)cc2O)C(=O)O)c(-c2nn[nH]n2)c1. The lowest BCUT2D eigenvalue weighted by molar-refractivity contribution is -0.139. The number of epoxide rings is 1. The lowest BCUT2D eigenvalue weighted by atomic mass is 10.0. The number of aromatic hydroxyl groups is 1. The first-order valence-corrected chi connectivity index (χ1v) is 14.6. The van der Waals surface area contributed by atoms with E-state index in [1.807, 2.05) is 6.07 Å². The smallest absolute Gasteiger partial charge is 0.320 e. The lowest BCUT2D eigenvalue weighted by Gasteiger charge is -2.14. The van der Waals surface area contributed by atoms with Crippen LogP contribution in [-0.4, -0.2) is 81.5 Å². The molecular weight excluding hydrogens is 610 g/mol. The van der Waals surface area contributed by atoms with Gasteiger partial charge >= 0.3 is 5.97 Å². The minimum absolute atomic E-state index is 0.0251. The second kappa shape index (κ2) is 13.2. The first kappa shape index (κ1) is 31.0. The number of aromatic amines is 1. The van der Waals surface area contributed by atoms with Crippen molar-refractivity contribution < 1.29 is 24.5 Å². The summed E-state index contributed by atoms with van der Waals surface area (Å²) in [5.74, 6) is -1.01. The number of amides is 1. The second-order valence-electron chi connectivity index (χ2n) is 10.9. The Morgan fingerprint density at radius 1 is 1.06 bits per heavy atom. The molecule has 18 nitrogen and oxygen atoms in total. The Balaban J connectivity index is 0.989. The second-order valence-corrected chi connectivity index (χ2v) is 10.9. The van der Waals surface area contributed by atoms with Gasteiger partial charge in [-0.2, -0.15) is 15.2 Å².